The molecule has 2 aromatic carbocycles. The van der Waals surface area contributed by atoms with Crippen LogP contribution in [0.4, 0.5) is 0 Å². The van der Waals surface area contributed by atoms with Crippen LogP contribution in [0.25, 0.3) is 5.57 Å². The van der Waals surface area contributed by atoms with E-state index >= 15 is 0 Å². The van der Waals surface area contributed by atoms with Crippen molar-refractivity contribution in [1.82, 2.24) is 4.90 Å². The fourth-order valence-corrected chi connectivity index (χ4v) is 3.10. The van der Waals surface area contributed by atoms with Crippen LogP contribution >= 0.6 is 0 Å². The van der Waals surface area contributed by atoms with Crippen molar-refractivity contribution in [3.8, 4) is 5.75 Å². The molecule has 2 rings (SSSR count). The van der Waals surface area contributed by atoms with Crippen LogP contribution in [0.1, 0.15) is 37.5 Å². The summed E-state index contributed by atoms with van der Waals surface area (Å²) >= 11 is 0. The van der Waals surface area contributed by atoms with Gasteiger partial charge in [0.15, 0.2) is 6.61 Å². The standard InChI is InChI=1S/C24H29NO4/c1-4-25(5-2)23(26)15-18(3)21-14-13-20(22(16-21)29-17-24(27)28)12-11-19-9-7-6-8-10-19/h6-10,13-16H,4-5,11-12,17H2,1-3H3,(H,27,28)/b18-15-. The largest absolute Gasteiger partial charge is 0.482 e. The monoisotopic (exact) mass is 395 g/mol. The molecule has 29 heavy (non-hydrogen) atoms. The first-order valence-corrected chi connectivity index (χ1v) is 9.93. The number of amides is 1. The van der Waals surface area contributed by atoms with E-state index in [2.05, 4.69) is 12.1 Å². The third-order valence-electron chi connectivity index (χ3n) is 4.81. The Balaban J connectivity index is 2.24. The lowest BCUT2D eigenvalue weighted by molar-refractivity contribution is -0.139. The van der Waals surface area contributed by atoms with Gasteiger partial charge in [0.1, 0.15) is 5.75 Å². The molecular weight excluding hydrogens is 366 g/mol. The van der Waals surface area contributed by atoms with Crippen LogP contribution in [0.3, 0.4) is 0 Å². The van der Waals surface area contributed by atoms with Crippen molar-refractivity contribution in [2.24, 2.45) is 0 Å². The molecule has 1 N–H and O–H groups in total. The summed E-state index contributed by atoms with van der Waals surface area (Å²) in [6.45, 7) is 6.69. The smallest absolute Gasteiger partial charge is 0.341 e. The summed E-state index contributed by atoms with van der Waals surface area (Å²) in [5.41, 5.74) is 3.81. The van der Waals surface area contributed by atoms with E-state index < -0.39 is 12.6 Å². The average molecular weight is 395 g/mol. The Morgan fingerprint density at radius 3 is 2.34 bits per heavy atom. The van der Waals surface area contributed by atoms with Crippen LogP contribution < -0.4 is 4.74 Å². The van der Waals surface area contributed by atoms with E-state index in [0.29, 0.717) is 18.8 Å². The van der Waals surface area contributed by atoms with E-state index in [1.54, 1.807) is 11.0 Å². The highest BCUT2D eigenvalue weighted by Crippen LogP contribution is 2.26. The second-order valence-electron chi connectivity index (χ2n) is 6.83. The minimum Gasteiger partial charge on any atom is -0.482 e. The lowest BCUT2D eigenvalue weighted by atomic mass is 9.99. The Morgan fingerprint density at radius 1 is 1.03 bits per heavy atom. The molecule has 0 aliphatic heterocycles. The van der Waals surface area contributed by atoms with E-state index in [0.717, 1.165) is 29.5 Å². The fraction of sp³-hybridized carbons (Fsp3) is 0.333. The van der Waals surface area contributed by atoms with Gasteiger partial charge in [0, 0.05) is 19.2 Å². The minimum atomic E-state index is -1.02. The third-order valence-corrected chi connectivity index (χ3v) is 4.81. The van der Waals surface area contributed by atoms with Crippen LogP contribution in [0.2, 0.25) is 0 Å². The molecule has 0 bridgehead atoms. The normalized spacial score (nSPS) is 11.2. The molecule has 0 atom stereocenters. The van der Waals surface area contributed by atoms with Crippen molar-refractivity contribution < 1.29 is 19.4 Å². The molecule has 154 valence electrons. The van der Waals surface area contributed by atoms with Crippen molar-refractivity contribution in [2.75, 3.05) is 19.7 Å². The first-order valence-electron chi connectivity index (χ1n) is 9.93. The maximum absolute atomic E-state index is 12.4. The number of carboxylic acid groups (broad SMARTS) is 1. The third kappa shape index (κ3) is 6.79. The van der Waals surface area contributed by atoms with Gasteiger partial charge in [0.25, 0.3) is 0 Å². The van der Waals surface area contributed by atoms with Gasteiger partial charge >= 0.3 is 5.97 Å². The van der Waals surface area contributed by atoms with Crippen LogP contribution in [0.5, 0.6) is 5.75 Å². The number of carboxylic acids is 1. The maximum Gasteiger partial charge on any atom is 0.341 e. The number of hydrogen-bond acceptors (Lipinski definition) is 3. The highest BCUT2D eigenvalue weighted by atomic mass is 16.5. The topological polar surface area (TPSA) is 66.8 Å². The molecule has 0 aliphatic rings. The molecule has 0 aromatic heterocycles. The van der Waals surface area contributed by atoms with Crippen molar-refractivity contribution in [3.05, 3.63) is 71.3 Å². The summed E-state index contributed by atoms with van der Waals surface area (Å²) in [6.07, 6.45) is 3.19. The maximum atomic E-state index is 12.4. The molecule has 0 unspecified atom stereocenters. The summed E-state index contributed by atoms with van der Waals surface area (Å²) in [6, 6.07) is 15.8. The second-order valence-corrected chi connectivity index (χ2v) is 6.83. The zero-order valence-electron chi connectivity index (χ0n) is 17.4. The summed E-state index contributed by atoms with van der Waals surface area (Å²) in [5, 5.41) is 9.00. The first kappa shape index (κ1) is 22.2. The van der Waals surface area contributed by atoms with Crippen molar-refractivity contribution in [2.45, 2.75) is 33.6 Å². The first-order chi connectivity index (χ1) is 13.9. The average Bonchev–Trinajstić information content (AvgIpc) is 2.72. The fourth-order valence-electron chi connectivity index (χ4n) is 3.10. The van der Waals surface area contributed by atoms with Gasteiger partial charge in [-0.3, -0.25) is 4.79 Å². The quantitative estimate of drug-likeness (QED) is 0.612. The number of carbonyl (C=O) groups is 2. The number of carbonyl (C=O) groups excluding carboxylic acids is 1. The van der Waals surface area contributed by atoms with Gasteiger partial charge < -0.3 is 14.7 Å². The Bertz CT molecular complexity index is 854. The zero-order chi connectivity index (χ0) is 21.2. The number of aliphatic carboxylic acids is 1. The number of aryl methyl sites for hydroxylation is 2. The number of rotatable bonds is 10. The molecule has 0 heterocycles. The van der Waals surface area contributed by atoms with Crippen molar-refractivity contribution in [1.29, 1.82) is 0 Å². The van der Waals surface area contributed by atoms with Gasteiger partial charge in [-0.1, -0.05) is 42.5 Å². The highest BCUT2D eigenvalue weighted by molar-refractivity contribution is 5.95. The van der Waals surface area contributed by atoms with Crippen LogP contribution in [0, 0.1) is 0 Å². The van der Waals surface area contributed by atoms with Crippen molar-refractivity contribution in [3.63, 3.8) is 0 Å². The van der Waals surface area contributed by atoms with Gasteiger partial charge in [-0.25, -0.2) is 4.79 Å². The number of benzene rings is 2. The van der Waals surface area contributed by atoms with Crippen LogP contribution in [-0.2, 0) is 22.4 Å². The summed E-state index contributed by atoms with van der Waals surface area (Å²) in [5.74, 6) is -0.508. The molecule has 0 saturated heterocycles. The summed E-state index contributed by atoms with van der Waals surface area (Å²) in [7, 11) is 0. The Labute approximate surface area is 172 Å². The van der Waals surface area contributed by atoms with Gasteiger partial charge in [-0.05, 0) is 61.9 Å². The Hall–Kier alpha value is -3.08. The molecule has 5 heteroatoms. The molecule has 0 aliphatic carbocycles. The molecule has 5 nitrogen and oxygen atoms in total. The molecule has 2 aromatic rings. The number of allylic oxidation sites excluding steroid dienone is 1. The predicted octanol–water partition coefficient (Wildman–Crippen LogP) is 4.21. The van der Waals surface area contributed by atoms with E-state index in [1.807, 2.05) is 57.2 Å². The lowest BCUT2D eigenvalue weighted by Gasteiger charge is -2.17. The summed E-state index contributed by atoms with van der Waals surface area (Å²) < 4.78 is 5.55. The number of ether oxygens (including phenoxy) is 1. The number of nitrogens with zero attached hydrogens (tertiary/aromatic N) is 1. The summed E-state index contributed by atoms with van der Waals surface area (Å²) in [4.78, 5) is 25.1. The van der Waals surface area contributed by atoms with Gasteiger partial charge in [0.2, 0.25) is 5.91 Å². The van der Waals surface area contributed by atoms with E-state index in [1.165, 1.54) is 5.56 Å². The zero-order valence-corrected chi connectivity index (χ0v) is 17.4. The molecule has 0 saturated carbocycles. The van der Waals surface area contributed by atoms with Gasteiger partial charge in [0.05, 0.1) is 0 Å². The molecule has 1 amide bonds. The molecular formula is C24H29NO4. The predicted molar refractivity (Wildman–Crippen MR) is 115 cm³/mol. The molecule has 0 radical (unpaired) electrons. The number of hydrogen-bond donors (Lipinski definition) is 1. The molecule has 0 fully saturated rings. The van der Waals surface area contributed by atoms with E-state index in [4.69, 9.17) is 9.84 Å². The second kappa shape index (κ2) is 11.1. The van der Waals surface area contributed by atoms with Crippen LogP contribution in [0.15, 0.2) is 54.6 Å². The Kier molecular flexibility index (Phi) is 8.46. The van der Waals surface area contributed by atoms with Crippen LogP contribution in [-0.4, -0.2) is 41.6 Å². The SMILES string of the molecule is CCN(CC)C(=O)/C=C(/C)c1ccc(CCc2ccccc2)c(OCC(=O)O)c1. The lowest BCUT2D eigenvalue weighted by Crippen LogP contribution is -2.28. The van der Waals surface area contributed by atoms with E-state index in [9.17, 15) is 9.59 Å². The molecule has 0 spiro atoms. The van der Waals surface area contributed by atoms with Crippen molar-refractivity contribution >= 4 is 17.4 Å². The number of likely N-dealkylation sites (N-methyl/N-ethyl adjacent to an activating group) is 1. The van der Waals surface area contributed by atoms with Gasteiger partial charge in [-0.15, -0.1) is 0 Å². The minimum absolute atomic E-state index is 0.0336. The Morgan fingerprint density at radius 2 is 1.72 bits per heavy atom. The highest BCUT2D eigenvalue weighted by Gasteiger charge is 2.11. The van der Waals surface area contributed by atoms with Gasteiger partial charge in [-0.2, -0.15) is 0 Å². The van der Waals surface area contributed by atoms with E-state index in [-0.39, 0.29) is 5.91 Å².